The van der Waals surface area contributed by atoms with Gasteiger partial charge in [0.15, 0.2) is 17.5 Å². The van der Waals surface area contributed by atoms with E-state index in [1.165, 1.54) is 4.90 Å². The van der Waals surface area contributed by atoms with Gasteiger partial charge in [-0.2, -0.15) is 0 Å². The molecule has 23 heavy (non-hydrogen) atoms. The molecule has 2 saturated heterocycles. The second-order valence-electron chi connectivity index (χ2n) is 5.70. The Morgan fingerprint density at radius 1 is 1.09 bits per heavy atom. The molecular weight excluding hydrogens is 331 g/mol. The van der Waals surface area contributed by atoms with Gasteiger partial charge in [-0.15, -0.1) is 12.4 Å². The molecule has 1 unspecified atom stereocenters. The van der Waals surface area contributed by atoms with Crippen LogP contribution in [0.1, 0.15) is 16.8 Å². The Kier molecular flexibility index (Phi) is 5.89. The molecule has 1 N–H and O–H groups in total. The SMILES string of the molecule is Cl.O=C(c1ccc(F)c(F)c1F)N1CCC(N2CCNCC2)C1. The molecule has 2 aliphatic heterocycles. The maximum absolute atomic E-state index is 13.7. The molecule has 0 saturated carbocycles. The fraction of sp³-hybridized carbons (Fsp3) is 0.533. The van der Waals surface area contributed by atoms with Crippen LogP contribution in [0.2, 0.25) is 0 Å². The molecular formula is C15H19ClF3N3O. The van der Waals surface area contributed by atoms with Crippen molar-refractivity contribution in [1.29, 1.82) is 0 Å². The van der Waals surface area contributed by atoms with Crippen molar-refractivity contribution in [1.82, 2.24) is 15.1 Å². The number of benzene rings is 1. The van der Waals surface area contributed by atoms with Gasteiger partial charge in [0.25, 0.3) is 5.91 Å². The van der Waals surface area contributed by atoms with E-state index in [1.54, 1.807) is 0 Å². The van der Waals surface area contributed by atoms with Crippen molar-refractivity contribution in [3.63, 3.8) is 0 Å². The van der Waals surface area contributed by atoms with E-state index in [0.717, 1.165) is 44.7 Å². The fourth-order valence-corrected chi connectivity index (χ4v) is 3.13. The van der Waals surface area contributed by atoms with Crippen molar-refractivity contribution in [2.24, 2.45) is 0 Å². The molecule has 4 nitrogen and oxygen atoms in total. The summed E-state index contributed by atoms with van der Waals surface area (Å²) < 4.78 is 40.0. The van der Waals surface area contributed by atoms with Crippen LogP contribution >= 0.6 is 12.4 Å². The highest BCUT2D eigenvalue weighted by Gasteiger charge is 2.32. The van der Waals surface area contributed by atoms with Gasteiger partial charge in [0.1, 0.15) is 0 Å². The standard InChI is InChI=1S/C15H18F3N3O.ClH/c16-12-2-1-11(13(17)14(12)18)15(22)21-6-3-10(9-21)20-7-4-19-5-8-20;/h1-2,10,19H,3-9H2;1H. The zero-order valence-corrected chi connectivity index (χ0v) is 13.3. The van der Waals surface area contributed by atoms with Crippen LogP contribution in [-0.4, -0.2) is 61.0 Å². The average molecular weight is 350 g/mol. The number of hydrogen-bond acceptors (Lipinski definition) is 3. The smallest absolute Gasteiger partial charge is 0.256 e. The predicted octanol–water partition coefficient (Wildman–Crippen LogP) is 1.65. The van der Waals surface area contributed by atoms with Crippen molar-refractivity contribution in [3.8, 4) is 0 Å². The maximum Gasteiger partial charge on any atom is 0.256 e. The predicted molar refractivity (Wildman–Crippen MR) is 82.3 cm³/mol. The van der Waals surface area contributed by atoms with Gasteiger partial charge in [-0.1, -0.05) is 0 Å². The van der Waals surface area contributed by atoms with Crippen LogP contribution in [0.5, 0.6) is 0 Å². The summed E-state index contributed by atoms with van der Waals surface area (Å²) in [6.45, 7) is 4.69. The molecule has 2 fully saturated rings. The summed E-state index contributed by atoms with van der Waals surface area (Å²) in [5, 5.41) is 3.27. The van der Waals surface area contributed by atoms with E-state index in [9.17, 15) is 18.0 Å². The molecule has 1 atom stereocenters. The Morgan fingerprint density at radius 2 is 1.78 bits per heavy atom. The van der Waals surface area contributed by atoms with E-state index in [-0.39, 0.29) is 18.4 Å². The summed E-state index contributed by atoms with van der Waals surface area (Å²) in [5.74, 6) is -4.86. The lowest BCUT2D eigenvalue weighted by Gasteiger charge is -2.32. The molecule has 3 rings (SSSR count). The molecule has 0 radical (unpaired) electrons. The zero-order valence-electron chi connectivity index (χ0n) is 12.5. The monoisotopic (exact) mass is 349 g/mol. The second-order valence-corrected chi connectivity index (χ2v) is 5.70. The summed E-state index contributed by atoms with van der Waals surface area (Å²) in [6.07, 6.45) is 0.817. The first-order valence-electron chi connectivity index (χ1n) is 7.45. The van der Waals surface area contributed by atoms with Crippen LogP contribution in [0.25, 0.3) is 0 Å². The van der Waals surface area contributed by atoms with Crippen molar-refractivity contribution < 1.29 is 18.0 Å². The molecule has 2 aliphatic rings. The van der Waals surface area contributed by atoms with Gasteiger partial charge >= 0.3 is 0 Å². The topological polar surface area (TPSA) is 35.6 Å². The molecule has 0 spiro atoms. The Morgan fingerprint density at radius 3 is 2.48 bits per heavy atom. The summed E-state index contributed by atoms with van der Waals surface area (Å²) in [5.41, 5.74) is -0.403. The molecule has 1 amide bonds. The number of carbonyl (C=O) groups is 1. The number of nitrogens with one attached hydrogen (secondary N) is 1. The molecule has 1 aromatic carbocycles. The third kappa shape index (κ3) is 3.62. The van der Waals surface area contributed by atoms with Gasteiger partial charge in [-0.3, -0.25) is 9.69 Å². The van der Waals surface area contributed by atoms with Gasteiger partial charge in [-0.05, 0) is 18.6 Å². The van der Waals surface area contributed by atoms with Crippen molar-refractivity contribution in [2.75, 3.05) is 39.3 Å². The van der Waals surface area contributed by atoms with Crippen LogP contribution < -0.4 is 5.32 Å². The fourth-order valence-electron chi connectivity index (χ4n) is 3.13. The van der Waals surface area contributed by atoms with Crippen molar-refractivity contribution >= 4 is 18.3 Å². The third-order valence-electron chi connectivity index (χ3n) is 4.38. The Labute approximate surface area is 139 Å². The Hall–Kier alpha value is -1.31. The minimum absolute atomic E-state index is 0. The normalized spacial score (nSPS) is 22.0. The molecule has 128 valence electrons. The number of likely N-dealkylation sites (tertiary alicyclic amines) is 1. The highest BCUT2D eigenvalue weighted by Crippen LogP contribution is 2.21. The highest BCUT2D eigenvalue weighted by molar-refractivity contribution is 5.94. The summed E-state index contributed by atoms with van der Waals surface area (Å²) in [6, 6.07) is 2.04. The molecule has 0 bridgehead atoms. The summed E-state index contributed by atoms with van der Waals surface area (Å²) in [4.78, 5) is 16.2. The van der Waals surface area contributed by atoms with Gasteiger partial charge in [0.2, 0.25) is 0 Å². The van der Waals surface area contributed by atoms with E-state index >= 15 is 0 Å². The number of hydrogen-bond donors (Lipinski definition) is 1. The minimum Gasteiger partial charge on any atom is -0.337 e. The number of halogens is 4. The largest absolute Gasteiger partial charge is 0.337 e. The molecule has 8 heteroatoms. The van der Waals surface area contributed by atoms with Crippen LogP contribution in [0.4, 0.5) is 13.2 Å². The number of rotatable bonds is 2. The van der Waals surface area contributed by atoms with Crippen LogP contribution in [0, 0.1) is 17.5 Å². The van der Waals surface area contributed by atoms with E-state index in [2.05, 4.69) is 10.2 Å². The lowest BCUT2D eigenvalue weighted by molar-refractivity contribution is 0.0767. The van der Waals surface area contributed by atoms with Crippen LogP contribution in [0.15, 0.2) is 12.1 Å². The lowest BCUT2D eigenvalue weighted by atomic mass is 10.1. The third-order valence-corrected chi connectivity index (χ3v) is 4.38. The molecule has 0 aliphatic carbocycles. The number of piperazine rings is 1. The Balaban J connectivity index is 0.00000192. The number of carbonyl (C=O) groups excluding carboxylic acids is 1. The van der Waals surface area contributed by atoms with Crippen molar-refractivity contribution in [3.05, 3.63) is 35.1 Å². The zero-order chi connectivity index (χ0) is 15.7. The van der Waals surface area contributed by atoms with E-state index in [1.807, 2.05) is 0 Å². The minimum atomic E-state index is -1.59. The summed E-state index contributed by atoms with van der Waals surface area (Å²) >= 11 is 0. The van der Waals surface area contributed by atoms with E-state index in [0.29, 0.717) is 13.1 Å². The summed E-state index contributed by atoms with van der Waals surface area (Å²) in [7, 11) is 0. The van der Waals surface area contributed by atoms with Crippen LogP contribution in [0.3, 0.4) is 0 Å². The van der Waals surface area contributed by atoms with E-state index in [4.69, 9.17) is 0 Å². The van der Waals surface area contributed by atoms with Crippen molar-refractivity contribution in [2.45, 2.75) is 12.5 Å². The van der Waals surface area contributed by atoms with Crippen LogP contribution in [-0.2, 0) is 0 Å². The van der Waals surface area contributed by atoms with Gasteiger partial charge < -0.3 is 10.2 Å². The van der Waals surface area contributed by atoms with Gasteiger partial charge in [-0.25, -0.2) is 13.2 Å². The number of amides is 1. The molecule has 1 aromatic rings. The molecule has 2 heterocycles. The first-order chi connectivity index (χ1) is 10.6. The highest BCUT2D eigenvalue weighted by atomic mass is 35.5. The molecule has 0 aromatic heterocycles. The number of nitrogens with zero attached hydrogens (tertiary/aromatic N) is 2. The maximum atomic E-state index is 13.7. The average Bonchev–Trinajstić information content (AvgIpc) is 3.03. The first kappa shape index (κ1) is 18.0. The quantitative estimate of drug-likeness (QED) is 0.825. The van der Waals surface area contributed by atoms with Gasteiger partial charge in [0.05, 0.1) is 5.56 Å². The second kappa shape index (κ2) is 7.51. The van der Waals surface area contributed by atoms with Gasteiger partial charge in [0, 0.05) is 45.3 Å². The Bertz CT molecular complexity index is 581. The van der Waals surface area contributed by atoms with E-state index < -0.39 is 28.9 Å². The lowest BCUT2D eigenvalue weighted by Crippen LogP contribution is -2.49. The first-order valence-corrected chi connectivity index (χ1v) is 7.45.